The van der Waals surface area contributed by atoms with E-state index in [0.717, 1.165) is 16.8 Å². The van der Waals surface area contributed by atoms with Gasteiger partial charge >= 0.3 is 0 Å². The number of rotatable bonds is 4. The molecular weight excluding hydrogens is 350 g/mol. The van der Waals surface area contributed by atoms with Gasteiger partial charge in [-0.2, -0.15) is 0 Å². The third-order valence-electron chi connectivity index (χ3n) is 4.58. The number of aromatic nitrogens is 1. The van der Waals surface area contributed by atoms with Gasteiger partial charge in [0.1, 0.15) is 5.82 Å². The Bertz CT molecular complexity index is 903. The Morgan fingerprint density at radius 3 is 2.42 bits per heavy atom. The summed E-state index contributed by atoms with van der Waals surface area (Å²) in [6.45, 7) is 4.07. The number of benzene rings is 1. The fourth-order valence-electron chi connectivity index (χ4n) is 3.24. The van der Waals surface area contributed by atoms with E-state index in [4.69, 9.17) is 0 Å². The maximum Gasteiger partial charge on any atom is 0.255 e. The minimum atomic E-state index is -3.02. The first-order valence-corrected chi connectivity index (χ1v) is 10.3. The Hall–Kier alpha value is -2.41. The van der Waals surface area contributed by atoms with E-state index in [1.165, 1.54) is 11.1 Å². The Morgan fingerprint density at radius 2 is 1.88 bits per heavy atom. The van der Waals surface area contributed by atoms with Gasteiger partial charge < -0.3 is 10.2 Å². The van der Waals surface area contributed by atoms with E-state index in [0.29, 0.717) is 17.8 Å². The number of sulfone groups is 1. The largest absolute Gasteiger partial charge is 0.340 e. The van der Waals surface area contributed by atoms with Crippen molar-refractivity contribution in [3.63, 3.8) is 0 Å². The van der Waals surface area contributed by atoms with Crippen LogP contribution in [-0.2, 0) is 9.84 Å². The Kier molecular flexibility index (Phi) is 5.00. The van der Waals surface area contributed by atoms with Crippen LogP contribution in [0.2, 0.25) is 0 Å². The molecule has 1 saturated heterocycles. The number of nitrogens with zero attached hydrogens (tertiary/aromatic N) is 2. The highest BCUT2D eigenvalue weighted by Gasteiger charge is 2.33. The third-order valence-corrected chi connectivity index (χ3v) is 6.33. The predicted molar refractivity (Wildman–Crippen MR) is 103 cm³/mol. The first-order chi connectivity index (χ1) is 12.2. The van der Waals surface area contributed by atoms with Gasteiger partial charge in [-0.05, 0) is 55.7 Å². The lowest BCUT2D eigenvalue weighted by atomic mass is 10.1. The number of nitrogens with one attached hydrogen (secondary N) is 1. The summed E-state index contributed by atoms with van der Waals surface area (Å²) in [6.07, 6.45) is 2.01. The van der Waals surface area contributed by atoms with Crippen LogP contribution in [0.1, 0.15) is 27.9 Å². The molecule has 3 rings (SSSR count). The molecule has 7 heteroatoms. The van der Waals surface area contributed by atoms with E-state index < -0.39 is 9.84 Å². The van der Waals surface area contributed by atoms with Crippen molar-refractivity contribution in [2.45, 2.75) is 26.3 Å². The van der Waals surface area contributed by atoms with Crippen LogP contribution in [0.25, 0.3) is 0 Å². The van der Waals surface area contributed by atoms with Crippen molar-refractivity contribution in [2.24, 2.45) is 0 Å². The van der Waals surface area contributed by atoms with Gasteiger partial charge in [0, 0.05) is 25.0 Å². The number of hydrogen-bond donors (Lipinski definition) is 1. The molecule has 1 N–H and O–H groups in total. The van der Waals surface area contributed by atoms with Gasteiger partial charge in [0.05, 0.1) is 17.1 Å². The number of hydrogen-bond acceptors (Lipinski definition) is 5. The van der Waals surface area contributed by atoms with Gasteiger partial charge in [0.25, 0.3) is 5.91 Å². The standard InChI is InChI=1S/C19H23N3O3S/c1-13-8-14(2)10-16(9-13)21-18-5-4-15(11-20-18)19(23)22(3)17-6-7-26(24,25)12-17/h4-5,8-11,17H,6-7,12H2,1-3H3,(H,20,21). The van der Waals surface area contributed by atoms with Crippen molar-refractivity contribution in [3.8, 4) is 0 Å². The second-order valence-electron chi connectivity index (χ2n) is 6.91. The number of carbonyl (C=O) groups is 1. The first-order valence-electron chi connectivity index (χ1n) is 8.52. The van der Waals surface area contributed by atoms with E-state index in [1.807, 2.05) is 26.0 Å². The lowest BCUT2D eigenvalue weighted by Crippen LogP contribution is -2.37. The van der Waals surface area contributed by atoms with E-state index >= 15 is 0 Å². The zero-order valence-electron chi connectivity index (χ0n) is 15.2. The molecule has 6 nitrogen and oxygen atoms in total. The molecule has 1 unspecified atom stereocenters. The SMILES string of the molecule is Cc1cc(C)cc(Nc2ccc(C(=O)N(C)C3CCS(=O)(=O)C3)cn2)c1. The van der Waals surface area contributed by atoms with Crippen molar-refractivity contribution in [2.75, 3.05) is 23.9 Å². The molecule has 1 aliphatic heterocycles. The summed E-state index contributed by atoms with van der Waals surface area (Å²) >= 11 is 0. The fourth-order valence-corrected chi connectivity index (χ4v) is 5.01. The third kappa shape index (κ3) is 4.22. The summed E-state index contributed by atoms with van der Waals surface area (Å²) in [5.41, 5.74) is 3.71. The highest BCUT2D eigenvalue weighted by Crippen LogP contribution is 2.20. The second-order valence-corrected chi connectivity index (χ2v) is 9.14. The number of aryl methyl sites for hydroxylation is 2. The Balaban J connectivity index is 1.69. The molecule has 0 bridgehead atoms. The molecule has 1 aromatic carbocycles. The fraction of sp³-hybridized carbons (Fsp3) is 0.368. The van der Waals surface area contributed by atoms with Crippen LogP contribution in [0.3, 0.4) is 0 Å². The molecule has 138 valence electrons. The molecular formula is C19H23N3O3S. The monoisotopic (exact) mass is 373 g/mol. The summed E-state index contributed by atoms with van der Waals surface area (Å²) in [6, 6.07) is 9.36. The summed E-state index contributed by atoms with van der Waals surface area (Å²) in [7, 11) is -1.38. The maximum absolute atomic E-state index is 12.6. The van der Waals surface area contributed by atoms with Crippen molar-refractivity contribution < 1.29 is 13.2 Å². The molecule has 0 aliphatic carbocycles. The topological polar surface area (TPSA) is 79.4 Å². The molecule has 1 amide bonds. The highest BCUT2D eigenvalue weighted by molar-refractivity contribution is 7.91. The van der Waals surface area contributed by atoms with Crippen LogP contribution < -0.4 is 5.32 Å². The van der Waals surface area contributed by atoms with Crippen LogP contribution in [0.4, 0.5) is 11.5 Å². The summed E-state index contributed by atoms with van der Waals surface area (Å²) < 4.78 is 23.2. The van der Waals surface area contributed by atoms with Crippen LogP contribution in [0, 0.1) is 13.8 Å². The van der Waals surface area contributed by atoms with E-state index in [9.17, 15) is 13.2 Å². The van der Waals surface area contributed by atoms with Gasteiger partial charge in [-0.3, -0.25) is 4.79 Å². The summed E-state index contributed by atoms with van der Waals surface area (Å²) in [4.78, 5) is 18.4. The Labute approximate surface area is 154 Å². The van der Waals surface area contributed by atoms with Crippen molar-refractivity contribution in [3.05, 3.63) is 53.2 Å². The predicted octanol–water partition coefficient (Wildman–Crippen LogP) is 2.70. The van der Waals surface area contributed by atoms with E-state index in [-0.39, 0.29) is 23.5 Å². The molecule has 26 heavy (non-hydrogen) atoms. The van der Waals surface area contributed by atoms with Crippen molar-refractivity contribution >= 4 is 27.2 Å². The van der Waals surface area contributed by atoms with Crippen LogP contribution in [0.15, 0.2) is 36.5 Å². The van der Waals surface area contributed by atoms with Crippen molar-refractivity contribution in [1.82, 2.24) is 9.88 Å². The zero-order chi connectivity index (χ0) is 18.9. The van der Waals surface area contributed by atoms with Crippen LogP contribution in [-0.4, -0.2) is 48.8 Å². The van der Waals surface area contributed by atoms with Crippen LogP contribution >= 0.6 is 0 Å². The van der Waals surface area contributed by atoms with Gasteiger partial charge in [-0.1, -0.05) is 6.07 Å². The zero-order valence-corrected chi connectivity index (χ0v) is 16.0. The first kappa shape index (κ1) is 18.4. The minimum absolute atomic E-state index is 0.0367. The molecule has 1 atom stereocenters. The molecule has 2 heterocycles. The van der Waals surface area contributed by atoms with E-state index in [2.05, 4.69) is 16.4 Å². The lowest BCUT2D eigenvalue weighted by Gasteiger charge is -2.23. The molecule has 0 saturated carbocycles. The maximum atomic E-state index is 12.6. The number of pyridine rings is 1. The average Bonchev–Trinajstić information content (AvgIpc) is 2.93. The molecule has 0 radical (unpaired) electrons. The second kappa shape index (κ2) is 7.07. The molecule has 1 aliphatic rings. The Morgan fingerprint density at radius 1 is 1.19 bits per heavy atom. The number of anilines is 2. The molecule has 2 aromatic rings. The number of carbonyl (C=O) groups excluding carboxylic acids is 1. The lowest BCUT2D eigenvalue weighted by molar-refractivity contribution is 0.0747. The van der Waals surface area contributed by atoms with Gasteiger partial charge in [-0.15, -0.1) is 0 Å². The normalized spacial score (nSPS) is 18.5. The minimum Gasteiger partial charge on any atom is -0.340 e. The van der Waals surface area contributed by atoms with Crippen LogP contribution in [0.5, 0.6) is 0 Å². The summed E-state index contributed by atoms with van der Waals surface area (Å²) in [5, 5.41) is 3.23. The van der Waals surface area contributed by atoms with Gasteiger partial charge in [0.2, 0.25) is 0 Å². The van der Waals surface area contributed by atoms with E-state index in [1.54, 1.807) is 19.2 Å². The highest BCUT2D eigenvalue weighted by atomic mass is 32.2. The van der Waals surface area contributed by atoms with Crippen molar-refractivity contribution in [1.29, 1.82) is 0 Å². The summed E-state index contributed by atoms with van der Waals surface area (Å²) in [5.74, 6) is 0.622. The average molecular weight is 373 g/mol. The number of amides is 1. The molecule has 1 fully saturated rings. The molecule has 1 aromatic heterocycles. The smallest absolute Gasteiger partial charge is 0.255 e. The van der Waals surface area contributed by atoms with Gasteiger partial charge in [-0.25, -0.2) is 13.4 Å². The quantitative estimate of drug-likeness (QED) is 0.891. The molecule has 0 spiro atoms. The van der Waals surface area contributed by atoms with Gasteiger partial charge in [0.15, 0.2) is 9.84 Å².